The van der Waals surface area contributed by atoms with Crippen LogP contribution in [0.15, 0.2) is 24.3 Å². The Morgan fingerprint density at radius 1 is 1.03 bits per heavy atom. The van der Waals surface area contributed by atoms with E-state index in [0.29, 0.717) is 11.8 Å². The van der Waals surface area contributed by atoms with Gasteiger partial charge in [-0.2, -0.15) is 5.10 Å². The Labute approximate surface area is 198 Å². The number of esters is 1. The van der Waals surface area contributed by atoms with Gasteiger partial charge < -0.3 is 4.74 Å². The SMILES string of the molecule is CCOC(=O)CC(=O)N(NC(=O)Cc1cc(F)cc(F)c1)c1cc(C(C)(C)C)nn1C(C)(C)C. The summed E-state index contributed by atoms with van der Waals surface area (Å²) in [5, 5.41) is 5.59. The Morgan fingerprint density at radius 2 is 1.62 bits per heavy atom. The number of hydrazine groups is 1. The molecule has 0 saturated heterocycles. The number of amides is 2. The monoisotopic (exact) mass is 478 g/mol. The fourth-order valence-electron chi connectivity index (χ4n) is 3.12. The highest BCUT2D eigenvalue weighted by Crippen LogP contribution is 2.30. The van der Waals surface area contributed by atoms with Gasteiger partial charge in [0.2, 0.25) is 5.91 Å². The summed E-state index contributed by atoms with van der Waals surface area (Å²) in [5.41, 5.74) is 2.27. The molecule has 2 rings (SSSR count). The molecule has 1 aromatic carbocycles. The number of nitrogens with zero attached hydrogens (tertiary/aromatic N) is 3. The number of carbonyl (C=O) groups is 3. The van der Waals surface area contributed by atoms with Crippen LogP contribution in [0.5, 0.6) is 0 Å². The van der Waals surface area contributed by atoms with Gasteiger partial charge in [0.25, 0.3) is 5.91 Å². The van der Waals surface area contributed by atoms with Crippen LogP contribution in [0.1, 0.15) is 66.1 Å². The predicted molar refractivity (Wildman–Crippen MR) is 123 cm³/mol. The van der Waals surface area contributed by atoms with E-state index in [9.17, 15) is 23.2 Å². The van der Waals surface area contributed by atoms with E-state index >= 15 is 0 Å². The summed E-state index contributed by atoms with van der Waals surface area (Å²) in [5.74, 6) is -3.61. The summed E-state index contributed by atoms with van der Waals surface area (Å²) < 4.78 is 33.6. The van der Waals surface area contributed by atoms with Crippen LogP contribution in [-0.2, 0) is 36.5 Å². The molecule has 0 unspecified atom stereocenters. The summed E-state index contributed by atoms with van der Waals surface area (Å²) in [6, 6.07) is 4.43. The van der Waals surface area contributed by atoms with Gasteiger partial charge in [-0.25, -0.2) is 18.5 Å². The van der Waals surface area contributed by atoms with Crippen molar-refractivity contribution in [3.63, 3.8) is 0 Å². The number of ether oxygens (including phenoxy) is 1. The fraction of sp³-hybridized carbons (Fsp3) is 0.500. The van der Waals surface area contributed by atoms with Crippen LogP contribution in [-0.4, -0.2) is 34.2 Å². The molecule has 0 aliphatic heterocycles. The van der Waals surface area contributed by atoms with Crippen molar-refractivity contribution < 1.29 is 27.9 Å². The molecule has 0 fully saturated rings. The quantitative estimate of drug-likeness (QED) is 0.388. The Morgan fingerprint density at radius 3 is 2.12 bits per heavy atom. The first-order chi connectivity index (χ1) is 15.6. The summed E-state index contributed by atoms with van der Waals surface area (Å²) >= 11 is 0. The third-order valence-corrected chi connectivity index (χ3v) is 4.70. The molecule has 1 heterocycles. The zero-order chi connectivity index (χ0) is 25.8. The van der Waals surface area contributed by atoms with E-state index in [0.717, 1.165) is 17.1 Å². The first-order valence-corrected chi connectivity index (χ1v) is 11.0. The molecule has 2 amide bonds. The maximum Gasteiger partial charge on any atom is 0.315 e. The third kappa shape index (κ3) is 7.10. The van der Waals surface area contributed by atoms with E-state index in [1.165, 1.54) is 0 Å². The molecule has 186 valence electrons. The van der Waals surface area contributed by atoms with Crippen molar-refractivity contribution in [3.05, 3.63) is 47.2 Å². The van der Waals surface area contributed by atoms with Crippen LogP contribution >= 0.6 is 0 Å². The zero-order valence-corrected chi connectivity index (χ0v) is 20.7. The second-order valence-corrected chi connectivity index (χ2v) is 9.92. The average molecular weight is 479 g/mol. The molecule has 0 saturated carbocycles. The van der Waals surface area contributed by atoms with Crippen molar-refractivity contribution in [2.45, 2.75) is 72.3 Å². The highest BCUT2D eigenvalue weighted by atomic mass is 19.1. The zero-order valence-electron chi connectivity index (χ0n) is 20.7. The Kier molecular flexibility index (Phi) is 8.18. The van der Waals surface area contributed by atoms with Crippen LogP contribution in [0, 0.1) is 11.6 Å². The molecule has 0 bridgehead atoms. The lowest BCUT2D eigenvalue weighted by Crippen LogP contribution is -2.49. The smallest absolute Gasteiger partial charge is 0.315 e. The lowest BCUT2D eigenvalue weighted by molar-refractivity contribution is -0.146. The normalized spacial score (nSPS) is 11.8. The van der Waals surface area contributed by atoms with E-state index in [1.807, 2.05) is 41.5 Å². The Bertz CT molecular complexity index is 1050. The second kappa shape index (κ2) is 10.3. The van der Waals surface area contributed by atoms with Gasteiger partial charge in [0.05, 0.1) is 24.3 Å². The highest BCUT2D eigenvalue weighted by Gasteiger charge is 2.32. The van der Waals surface area contributed by atoms with Crippen LogP contribution < -0.4 is 10.4 Å². The Hall–Kier alpha value is -3.30. The lowest BCUT2D eigenvalue weighted by Gasteiger charge is -2.28. The molecule has 8 nitrogen and oxygen atoms in total. The molecule has 0 atom stereocenters. The van der Waals surface area contributed by atoms with Crippen molar-refractivity contribution in [1.82, 2.24) is 15.2 Å². The van der Waals surface area contributed by atoms with Gasteiger partial charge in [0.1, 0.15) is 18.1 Å². The van der Waals surface area contributed by atoms with Crippen LogP contribution in [0.2, 0.25) is 0 Å². The first-order valence-electron chi connectivity index (χ1n) is 11.0. The molecule has 0 aliphatic carbocycles. The summed E-state index contributed by atoms with van der Waals surface area (Å²) in [6.45, 7) is 13.2. The average Bonchev–Trinajstić information content (AvgIpc) is 3.11. The van der Waals surface area contributed by atoms with Crippen LogP contribution in [0.3, 0.4) is 0 Å². The predicted octanol–water partition coefficient (Wildman–Crippen LogP) is 3.77. The summed E-state index contributed by atoms with van der Waals surface area (Å²) in [4.78, 5) is 37.9. The van der Waals surface area contributed by atoms with E-state index in [-0.39, 0.29) is 23.4 Å². The molecule has 1 aromatic heterocycles. The minimum atomic E-state index is -0.821. The fourth-order valence-corrected chi connectivity index (χ4v) is 3.12. The maximum absolute atomic E-state index is 13.5. The highest BCUT2D eigenvalue weighted by molar-refractivity contribution is 6.04. The number of aromatic nitrogens is 2. The van der Waals surface area contributed by atoms with Gasteiger partial charge in [-0.05, 0) is 45.4 Å². The van der Waals surface area contributed by atoms with Gasteiger partial charge >= 0.3 is 5.97 Å². The van der Waals surface area contributed by atoms with Gasteiger partial charge in [0, 0.05) is 17.5 Å². The van der Waals surface area contributed by atoms with Crippen molar-refractivity contribution in [2.75, 3.05) is 11.6 Å². The van der Waals surface area contributed by atoms with Crippen LogP contribution in [0.4, 0.5) is 14.6 Å². The number of halogens is 2. The van der Waals surface area contributed by atoms with E-state index in [4.69, 9.17) is 4.74 Å². The topological polar surface area (TPSA) is 93.5 Å². The number of carbonyl (C=O) groups excluding carboxylic acids is 3. The molecule has 0 radical (unpaired) electrons. The van der Waals surface area contributed by atoms with Gasteiger partial charge in [-0.3, -0.25) is 19.8 Å². The number of anilines is 1. The molecular weight excluding hydrogens is 446 g/mol. The minimum Gasteiger partial charge on any atom is -0.466 e. The van der Waals surface area contributed by atoms with Crippen molar-refractivity contribution in [2.24, 2.45) is 0 Å². The molecule has 0 aliphatic rings. The second-order valence-electron chi connectivity index (χ2n) is 9.92. The molecule has 1 N–H and O–H groups in total. The first kappa shape index (κ1) is 26.9. The van der Waals surface area contributed by atoms with Crippen molar-refractivity contribution in [3.8, 4) is 0 Å². The number of hydrogen-bond acceptors (Lipinski definition) is 5. The largest absolute Gasteiger partial charge is 0.466 e. The van der Waals surface area contributed by atoms with Gasteiger partial charge in [-0.15, -0.1) is 0 Å². The van der Waals surface area contributed by atoms with E-state index in [2.05, 4.69) is 10.5 Å². The van der Waals surface area contributed by atoms with Crippen LogP contribution in [0.25, 0.3) is 0 Å². The molecule has 10 heteroatoms. The minimum absolute atomic E-state index is 0.0903. The van der Waals surface area contributed by atoms with Crippen molar-refractivity contribution in [1.29, 1.82) is 0 Å². The molecule has 2 aromatic rings. The summed E-state index contributed by atoms with van der Waals surface area (Å²) in [7, 11) is 0. The van der Waals surface area contributed by atoms with Gasteiger partial charge in [-0.1, -0.05) is 20.8 Å². The molecule has 34 heavy (non-hydrogen) atoms. The standard InChI is InChI=1S/C24H32F2N4O4/c1-8-34-22(33)14-21(32)29(28-19(31)11-15-9-16(25)12-17(26)10-15)20-13-18(23(2,3)4)27-30(20)24(5,6)7/h9-10,12-13H,8,11,14H2,1-7H3,(H,28,31). The molecule has 0 spiro atoms. The maximum atomic E-state index is 13.5. The number of hydrogen-bond donors (Lipinski definition) is 1. The van der Waals surface area contributed by atoms with E-state index in [1.54, 1.807) is 17.7 Å². The van der Waals surface area contributed by atoms with Crippen molar-refractivity contribution >= 4 is 23.6 Å². The van der Waals surface area contributed by atoms with E-state index < -0.39 is 47.8 Å². The lowest BCUT2D eigenvalue weighted by atomic mass is 9.92. The number of benzene rings is 1. The summed E-state index contributed by atoms with van der Waals surface area (Å²) in [6.07, 6.45) is -1.02. The third-order valence-electron chi connectivity index (χ3n) is 4.70. The molecular formula is C24H32F2N4O4. The number of rotatable bonds is 6. The number of nitrogens with one attached hydrogen (secondary N) is 1. The van der Waals surface area contributed by atoms with Gasteiger partial charge in [0.15, 0.2) is 5.82 Å². The Balaban J connectivity index is 2.47.